The first-order chi connectivity index (χ1) is 29.2. The molecule has 2 heterocycles. The van der Waals surface area contributed by atoms with E-state index in [1.165, 1.54) is 16.7 Å². The fourth-order valence-electron chi connectivity index (χ4n) is 8.16. The summed E-state index contributed by atoms with van der Waals surface area (Å²) in [5.74, 6) is 1.80. The van der Waals surface area contributed by atoms with Crippen LogP contribution in [-0.4, -0.2) is 15.0 Å². The van der Waals surface area contributed by atoms with Crippen molar-refractivity contribution in [3.8, 4) is 78.7 Å². The SMILES string of the molecule is c1ccc(-c2ccc(-c3nc(-c4ccc5c(c4)oc4cccc(-c6ccc(-c7ccccc7)cc6)c45)nc(-c4cccc5cc(-c6ccccc6)ccc45)n3)cc2)cc1. The highest BCUT2D eigenvalue weighted by molar-refractivity contribution is 6.13. The minimum atomic E-state index is 0.578. The highest BCUT2D eigenvalue weighted by atomic mass is 16.3. The average Bonchev–Trinajstić information content (AvgIpc) is 3.70. The Morgan fingerprint density at radius 2 is 0.746 bits per heavy atom. The van der Waals surface area contributed by atoms with Crippen LogP contribution < -0.4 is 0 Å². The van der Waals surface area contributed by atoms with Crippen LogP contribution in [0.3, 0.4) is 0 Å². The summed E-state index contributed by atoms with van der Waals surface area (Å²) in [4.78, 5) is 15.5. The Balaban J connectivity index is 1.03. The van der Waals surface area contributed by atoms with Crippen LogP contribution in [0.4, 0.5) is 0 Å². The first kappa shape index (κ1) is 34.3. The van der Waals surface area contributed by atoms with Crippen molar-refractivity contribution in [3.05, 3.63) is 212 Å². The van der Waals surface area contributed by atoms with Gasteiger partial charge in [0.25, 0.3) is 0 Å². The Kier molecular flexibility index (Phi) is 8.45. The Labute approximate surface area is 341 Å². The Bertz CT molecular complexity index is 3280. The van der Waals surface area contributed by atoms with Crippen molar-refractivity contribution in [2.45, 2.75) is 0 Å². The van der Waals surface area contributed by atoms with Gasteiger partial charge in [0.1, 0.15) is 11.2 Å². The molecule has 0 atom stereocenters. The number of hydrogen-bond acceptors (Lipinski definition) is 4. The largest absolute Gasteiger partial charge is 0.456 e. The summed E-state index contributed by atoms with van der Waals surface area (Å²) in [6, 6.07) is 74.0. The van der Waals surface area contributed by atoms with Crippen molar-refractivity contribution in [1.29, 1.82) is 0 Å². The summed E-state index contributed by atoms with van der Waals surface area (Å²) >= 11 is 0. The molecule has 0 saturated heterocycles. The van der Waals surface area contributed by atoms with E-state index >= 15 is 0 Å². The van der Waals surface area contributed by atoms with E-state index in [0.717, 1.165) is 77.2 Å². The first-order valence-electron chi connectivity index (χ1n) is 19.8. The average molecular weight is 754 g/mol. The van der Waals surface area contributed by atoms with E-state index in [-0.39, 0.29) is 0 Å². The second-order valence-corrected chi connectivity index (χ2v) is 14.8. The molecule has 0 aliphatic heterocycles. The van der Waals surface area contributed by atoms with Crippen molar-refractivity contribution in [3.63, 3.8) is 0 Å². The fourth-order valence-corrected chi connectivity index (χ4v) is 8.16. The summed E-state index contributed by atoms with van der Waals surface area (Å²) in [6.45, 7) is 0. The van der Waals surface area contributed by atoms with Crippen LogP contribution in [-0.2, 0) is 0 Å². The van der Waals surface area contributed by atoms with Gasteiger partial charge in [-0.15, -0.1) is 0 Å². The summed E-state index contributed by atoms with van der Waals surface area (Å²) < 4.78 is 6.59. The molecule has 276 valence electrons. The van der Waals surface area contributed by atoms with Crippen molar-refractivity contribution in [1.82, 2.24) is 15.0 Å². The molecule has 0 N–H and O–H groups in total. The van der Waals surface area contributed by atoms with E-state index in [4.69, 9.17) is 19.4 Å². The zero-order valence-corrected chi connectivity index (χ0v) is 32.0. The number of benzene rings is 9. The quantitative estimate of drug-likeness (QED) is 0.163. The number of aromatic nitrogens is 3. The van der Waals surface area contributed by atoms with E-state index in [0.29, 0.717) is 17.5 Å². The monoisotopic (exact) mass is 753 g/mol. The number of furan rings is 1. The molecule has 0 radical (unpaired) electrons. The predicted molar refractivity (Wildman–Crippen MR) is 243 cm³/mol. The molecule has 4 nitrogen and oxygen atoms in total. The van der Waals surface area contributed by atoms with Gasteiger partial charge < -0.3 is 4.42 Å². The lowest BCUT2D eigenvalue weighted by Gasteiger charge is -2.12. The van der Waals surface area contributed by atoms with Gasteiger partial charge in [-0.25, -0.2) is 15.0 Å². The van der Waals surface area contributed by atoms with Gasteiger partial charge in [0.15, 0.2) is 17.5 Å². The topological polar surface area (TPSA) is 51.8 Å². The van der Waals surface area contributed by atoms with Crippen LogP contribution >= 0.6 is 0 Å². The molecule has 0 bridgehead atoms. The molecule has 4 heteroatoms. The third kappa shape index (κ3) is 6.43. The number of hydrogen-bond donors (Lipinski definition) is 0. The van der Waals surface area contributed by atoms with Crippen molar-refractivity contribution >= 4 is 32.7 Å². The molecule has 0 fully saturated rings. The van der Waals surface area contributed by atoms with Crippen LogP contribution in [0.2, 0.25) is 0 Å². The van der Waals surface area contributed by atoms with Gasteiger partial charge in [-0.2, -0.15) is 0 Å². The third-order valence-electron chi connectivity index (χ3n) is 11.2. The molecule has 2 aromatic heterocycles. The zero-order chi connectivity index (χ0) is 39.1. The van der Waals surface area contributed by atoms with Crippen molar-refractivity contribution < 1.29 is 4.42 Å². The van der Waals surface area contributed by atoms with Gasteiger partial charge in [-0.3, -0.25) is 0 Å². The standard InChI is InChI=1S/C55H35N3O/c1-4-12-36(13-5-1)39-22-26-41(27-23-39)47-19-11-21-50-52(47)49-33-31-45(35-51(49)59-50)54-56-53(42-28-24-40(25-29-42)37-14-6-2-7-15-37)57-55(58-54)48-20-10-18-44-34-43(30-32-46(44)48)38-16-8-3-9-17-38/h1-35H. The van der Waals surface area contributed by atoms with Crippen LogP contribution in [0.15, 0.2) is 217 Å². The summed E-state index contributed by atoms with van der Waals surface area (Å²) in [7, 11) is 0. The summed E-state index contributed by atoms with van der Waals surface area (Å²) in [5, 5.41) is 4.32. The minimum absolute atomic E-state index is 0.578. The first-order valence-corrected chi connectivity index (χ1v) is 19.8. The predicted octanol–water partition coefficient (Wildman–Crippen LogP) is 14.6. The van der Waals surface area contributed by atoms with Crippen LogP contribution in [0.1, 0.15) is 0 Å². The molecule has 0 spiro atoms. The molecule has 0 amide bonds. The summed E-state index contributed by atoms with van der Waals surface area (Å²) in [5.41, 5.74) is 13.6. The molecular weight excluding hydrogens is 719 g/mol. The Morgan fingerprint density at radius 3 is 1.41 bits per heavy atom. The molecular formula is C55H35N3O. The van der Waals surface area contributed by atoms with Gasteiger partial charge in [-0.05, 0) is 79.5 Å². The molecule has 0 saturated carbocycles. The zero-order valence-electron chi connectivity index (χ0n) is 32.0. The lowest BCUT2D eigenvalue weighted by atomic mass is 9.96. The molecule has 9 aromatic carbocycles. The van der Waals surface area contributed by atoms with Crippen molar-refractivity contribution in [2.75, 3.05) is 0 Å². The molecule has 0 unspecified atom stereocenters. The van der Waals surface area contributed by atoms with Crippen LogP contribution in [0.25, 0.3) is 111 Å². The van der Waals surface area contributed by atoms with Crippen molar-refractivity contribution in [2.24, 2.45) is 0 Å². The number of rotatable bonds is 7. The van der Waals surface area contributed by atoms with E-state index < -0.39 is 0 Å². The van der Waals surface area contributed by atoms with Gasteiger partial charge in [0.05, 0.1) is 0 Å². The molecule has 11 aromatic rings. The molecule has 0 aliphatic rings. The van der Waals surface area contributed by atoms with Crippen LogP contribution in [0, 0.1) is 0 Å². The maximum atomic E-state index is 6.59. The van der Waals surface area contributed by atoms with E-state index in [1.807, 2.05) is 24.3 Å². The van der Waals surface area contributed by atoms with Gasteiger partial charge in [-0.1, -0.05) is 188 Å². The fraction of sp³-hybridized carbons (Fsp3) is 0. The molecule has 11 rings (SSSR count). The number of fused-ring (bicyclic) bond motifs is 4. The Hall–Kier alpha value is -7.95. The van der Waals surface area contributed by atoms with Crippen LogP contribution in [0.5, 0.6) is 0 Å². The lowest BCUT2D eigenvalue weighted by molar-refractivity contribution is 0.669. The highest BCUT2D eigenvalue weighted by Crippen LogP contribution is 2.39. The molecule has 0 aliphatic carbocycles. The maximum Gasteiger partial charge on any atom is 0.164 e. The smallest absolute Gasteiger partial charge is 0.164 e. The second-order valence-electron chi connectivity index (χ2n) is 14.8. The highest BCUT2D eigenvalue weighted by Gasteiger charge is 2.18. The van der Waals surface area contributed by atoms with E-state index in [2.05, 4.69) is 188 Å². The molecule has 59 heavy (non-hydrogen) atoms. The van der Waals surface area contributed by atoms with Gasteiger partial charge >= 0.3 is 0 Å². The number of nitrogens with zero attached hydrogens (tertiary/aromatic N) is 3. The second kappa shape index (κ2) is 14.5. The lowest BCUT2D eigenvalue weighted by Crippen LogP contribution is -2.00. The Morgan fingerprint density at radius 1 is 0.271 bits per heavy atom. The normalized spacial score (nSPS) is 11.4. The summed E-state index contributed by atoms with van der Waals surface area (Å²) in [6.07, 6.45) is 0. The maximum absolute atomic E-state index is 6.59. The van der Waals surface area contributed by atoms with E-state index in [1.54, 1.807) is 0 Å². The minimum Gasteiger partial charge on any atom is -0.456 e. The van der Waals surface area contributed by atoms with Gasteiger partial charge in [0, 0.05) is 27.5 Å². The van der Waals surface area contributed by atoms with Gasteiger partial charge in [0.2, 0.25) is 0 Å². The van der Waals surface area contributed by atoms with E-state index in [9.17, 15) is 0 Å². The third-order valence-corrected chi connectivity index (χ3v) is 11.2.